The summed E-state index contributed by atoms with van der Waals surface area (Å²) in [6.07, 6.45) is 4.47. The normalized spacial score (nSPS) is 14.9. The van der Waals surface area contributed by atoms with Gasteiger partial charge in [-0.1, -0.05) is 41.4 Å². The van der Waals surface area contributed by atoms with Gasteiger partial charge in [0.25, 0.3) is 0 Å². The van der Waals surface area contributed by atoms with Gasteiger partial charge in [0.1, 0.15) is 0 Å². The molecule has 0 spiro atoms. The van der Waals surface area contributed by atoms with E-state index in [4.69, 9.17) is 4.52 Å². The van der Waals surface area contributed by atoms with E-state index in [1.54, 1.807) is 4.90 Å². The summed E-state index contributed by atoms with van der Waals surface area (Å²) in [4.78, 5) is 30.1. The number of nitrogens with one attached hydrogen (secondary N) is 1. The number of hydrogen-bond donors (Lipinski definition) is 1. The van der Waals surface area contributed by atoms with Gasteiger partial charge in [0.05, 0.1) is 0 Å². The van der Waals surface area contributed by atoms with Crippen LogP contribution < -0.4 is 5.32 Å². The van der Waals surface area contributed by atoms with Gasteiger partial charge in [-0.05, 0) is 19.8 Å². The van der Waals surface area contributed by atoms with Gasteiger partial charge < -0.3 is 14.7 Å². The molecule has 144 valence electrons. The van der Waals surface area contributed by atoms with Crippen LogP contribution in [0.5, 0.6) is 0 Å². The van der Waals surface area contributed by atoms with Crippen molar-refractivity contribution >= 4 is 11.8 Å². The molecule has 0 atom stereocenters. The molecule has 1 aliphatic rings. The molecule has 2 aromatic rings. The van der Waals surface area contributed by atoms with Gasteiger partial charge >= 0.3 is 0 Å². The first kappa shape index (κ1) is 19.1. The van der Waals surface area contributed by atoms with E-state index in [1.807, 2.05) is 31.2 Å². The molecule has 1 aliphatic heterocycles. The summed E-state index contributed by atoms with van der Waals surface area (Å²) in [5.41, 5.74) is 2.08. The lowest BCUT2D eigenvalue weighted by Gasteiger charge is -2.19. The van der Waals surface area contributed by atoms with Gasteiger partial charge in [0.15, 0.2) is 0 Å². The van der Waals surface area contributed by atoms with Crippen LogP contribution in [0.25, 0.3) is 11.4 Å². The topological polar surface area (TPSA) is 88.3 Å². The number of amides is 2. The molecule has 0 aliphatic carbocycles. The lowest BCUT2D eigenvalue weighted by molar-refractivity contribution is -0.131. The number of rotatable bonds is 7. The molecule has 1 aromatic carbocycles. The zero-order valence-corrected chi connectivity index (χ0v) is 15.7. The number of aromatic nitrogens is 2. The summed E-state index contributed by atoms with van der Waals surface area (Å²) < 4.78 is 5.25. The third-order valence-corrected chi connectivity index (χ3v) is 4.72. The van der Waals surface area contributed by atoms with Gasteiger partial charge in [0, 0.05) is 44.5 Å². The monoisotopic (exact) mass is 370 g/mol. The second-order valence-electron chi connectivity index (χ2n) is 6.92. The molecule has 1 fully saturated rings. The van der Waals surface area contributed by atoms with Crippen molar-refractivity contribution in [2.24, 2.45) is 0 Å². The SMILES string of the molecule is Cc1ccc(-c2noc(CCNC(=O)CCN3CCCCCC3=O)n2)cc1. The number of nitrogens with zero attached hydrogens (tertiary/aromatic N) is 3. The van der Waals surface area contributed by atoms with Gasteiger partial charge in [-0.2, -0.15) is 4.98 Å². The van der Waals surface area contributed by atoms with Gasteiger partial charge in [0.2, 0.25) is 23.5 Å². The van der Waals surface area contributed by atoms with Crippen molar-refractivity contribution in [3.63, 3.8) is 0 Å². The molecule has 0 saturated carbocycles. The first-order valence-corrected chi connectivity index (χ1v) is 9.56. The molecule has 2 heterocycles. The Hall–Kier alpha value is -2.70. The molecule has 0 unspecified atom stereocenters. The Morgan fingerprint density at radius 2 is 2.04 bits per heavy atom. The lowest BCUT2D eigenvalue weighted by atomic mass is 10.1. The van der Waals surface area contributed by atoms with Crippen LogP contribution in [0.2, 0.25) is 0 Å². The molecule has 1 N–H and O–H groups in total. The molecular formula is C20H26N4O3. The summed E-state index contributed by atoms with van der Waals surface area (Å²) in [5, 5.41) is 6.84. The lowest BCUT2D eigenvalue weighted by Crippen LogP contribution is -2.35. The van der Waals surface area contributed by atoms with Gasteiger partial charge in [-0.15, -0.1) is 0 Å². The maximum atomic E-state index is 12.0. The molecule has 0 radical (unpaired) electrons. The van der Waals surface area contributed by atoms with Crippen LogP contribution in [-0.2, 0) is 16.0 Å². The predicted octanol–water partition coefficient (Wildman–Crippen LogP) is 2.50. The smallest absolute Gasteiger partial charge is 0.228 e. The van der Waals surface area contributed by atoms with E-state index in [1.165, 1.54) is 5.56 Å². The highest BCUT2D eigenvalue weighted by Crippen LogP contribution is 2.16. The van der Waals surface area contributed by atoms with Crippen molar-refractivity contribution in [3.05, 3.63) is 35.7 Å². The van der Waals surface area contributed by atoms with Crippen molar-refractivity contribution in [1.82, 2.24) is 20.4 Å². The summed E-state index contributed by atoms with van der Waals surface area (Å²) in [7, 11) is 0. The first-order valence-electron chi connectivity index (χ1n) is 9.56. The standard InChI is InChI=1S/C20H26N4O3/c1-15-6-8-16(9-7-15)20-22-18(27-23-20)10-12-21-17(25)11-14-24-13-4-2-3-5-19(24)26/h6-9H,2-5,10-14H2,1H3,(H,21,25). The molecule has 0 bridgehead atoms. The zero-order valence-electron chi connectivity index (χ0n) is 15.7. The maximum Gasteiger partial charge on any atom is 0.228 e. The van der Waals surface area contributed by atoms with E-state index in [9.17, 15) is 9.59 Å². The largest absolute Gasteiger partial charge is 0.356 e. The van der Waals surface area contributed by atoms with Crippen LogP contribution in [0, 0.1) is 6.92 Å². The Morgan fingerprint density at radius 1 is 1.22 bits per heavy atom. The van der Waals surface area contributed by atoms with E-state index in [2.05, 4.69) is 15.5 Å². The Kier molecular flexibility index (Phi) is 6.57. The summed E-state index contributed by atoms with van der Waals surface area (Å²) in [6.45, 7) is 3.71. The summed E-state index contributed by atoms with van der Waals surface area (Å²) >= 11 is 0. The molecule has 1 aromatic heterocycles. The highest BCUT2D eigenvalue weighted by molar-refractivity contribution is 5.79. The van der Waals surface area contributed by atoms with Crippen LogP contribution in [0.1, 0.15) is 43.6 Å². The number of aryl methyl sites for hydroxylation is 1. The Balaban J connectivity index is 1.40. The molecule has 3 rings (SSSR count). The second kappa shape index (κ2) is 9.30. The number of benzene rings is 1. The minimum absolute atomic E-state index is 0.0645. The predicted molar refractivity (Wildman–Crippen MR) is 101 cm³/mol. The number of carbonyl (C=O) groups excluding carboxylic acids is 2. The van der Waals surface area contributed by atoms with Crippen molar-refractivity contribution < 1.29 is 14.1 Å². The van der Waals surface area contributed by atoms with Crippen molar-refractivity contribution in [2.75, 3.05) is 19.6 Å². The van der Waals surface area contributed by atoms with Crippen molar-refractivity contribution in [2.45, 2.75) is 45.4 Å². The number of hydrogen-bond acceptors (Lipinski definition) is 5. The molecule has 7 heteroatoms. The minimum Gasteiger partial charge on any atom is -0.356 e. The highest BCUT2D eigenvalue weighted by Gasteiger charge is 2.17. The zero-order chi connectivity index (χ0) is 19.1. The number of likely N-dealkylation sites (tertiary alicyclic amines) is 1. The Labute approximate surface area is 159 Å². The maximum absolute atomic E-state index is 12.0. The minimum atomic E-state index is -0.0645. The average molecular weight is 370 g/mol. The van der Waals surface area contributed by atoms with E-state index in [-0.39, 0.29) is 11.8 Å². The number of carbonyl (C=O) groups is 2. The van der Waals surface area contributed by atoms with Gasteiger partial charge in [-0.25, -0.2) is 0 Å². The molecule has 27 heavy (non-hydrogen) atoms. The fourth-order valence-electron chi connectivity index (χ4n) is 3.09. The van der Waals surface area contributed by atoms with Crippen LogP contribution in [0.15, 0.2) is 28.8 Å². The first-order chi connectivity index (χ1) is 13.1. The Morgan fingerprint density at radius 3 is 2.85 bits per heavy atom. The Bertz CT molecular complexity index is 770. The van der Waals surface area contributed by atoms with E-state index in [0.717, 1.165) is 31.4 Å². The van der Waals surface area contributed by atoms with Crippen molar-refractivity contribution in [1.29, 1.82) is 0 Å². The van der Waals surface area contributed by atoms with Crippen molar-refractivity contribution in [3.8, 4) is 11.4 Å². The van der Waals surface area contributed by atoms with E-state index >= 15 is 0 Å². The van der Waals surface area contributed by atoms with E-state index in [0.29, 0.717) is 44.1 Å². The van der Waals surface area contributed by atoms with E-state index < -0.39 is 0 Å². The van der Waals surface area contributed by atoms with Crippen LogP contribution in [0.3, 0.4) is 0 Å². The summed E-state index contributed by atoms with van der Waals surface area (Å²) in [6, 6.07) is 7.91. The second-order valence-corrected chi connectivity index (χ2v) is 6.92. The molecule has 1 saturated heterocycles. The van der Waals surface area contributed by atoms with Crippen LogP contribution in [-0.4, -0.2) is 46.5 Å². The fraction of sp³-hybridized carbons (Fsp3) is 0.500. The highest BCUT2D eigenvalue weighted by atomic mass is 16.5. The third kappa shape index (κ3) is 5.64. The third-order valence-electron chi connectivity index (χ3n) is 4.72. The van der Waals surface area contributed by atoms with Gasteiger partial charge in [-0.3, -0.25) is 9.59 Å². The molecule has 2 amide bonds. The average Bonchev–Trinajstić information content (AvgIpc) is 3.03. The molecular weight excluding hydrogens is 344 g/mol. The van der Waals surface area contributed by atoms with Crippen LogP contribution >= 0.6 is 0 Å². The van der Waals surface area contributed by atoms with Crippen LogP contribution in [0.4, 0.5) is 0 Å². The fourth-order valence-corrected chi connectivity index (χ4v) is 3.09. The summed E-state index contributed by atoms with van der Waals surface area (Å²) in [5.74, 6) is 1.14. The quantitative estimate of drug-likeness (QED) is 0.809. The molecule has 7 nitrogen and oxygen atoms in total.